The lowest BCUT2D eigenvalue weighted by molar-refractivity contribution is 0.198. The molecule has 0 spiro atoms. The molecule has 8 nitrogen and oxygen atoms in total. The van der Waals surface area contributed by atoms with Crippen LogP contribution < -0.4 is 0 Å². The molecule has 5 rings (SSSR count). The monoisotopic (exact) mass is 448 g/mol. The molecule has 3 heterocycles. The van der Waals surface area contributed by atoms with E-state index in [1.807, 2.05) is 0 Å². The van der Waals surface area contributed by atoms with Crippen molar-refractivity contribution in [1.29, 1.82) is 0 Å². The number of carboxylic acid groups (broad SMARTS) is 1. The van der Waals surface area contributed by atoms with Crippen LogP contribution in [0.2, 0.25) is 5.02 Å². The summed E-state index contributed by atoms with van der Waals surface area (Å²) in [5.74, 6) is 0.426. The lowest BCUT2D eigenvalue weighted by Crippen LogP contribution is -2.09. The van der Waals surface area contributed by atoms with Gasteiger partial charge in [-0.3, -0.25) is 0 Å². The van der Waals surface area contributed by atoms with E-state index in [2.05, 4.69) is 20.1 Å². The van der Waals surface area contributed by atoms with Crippen molar-refractivity contribution in [3.8, 4) is 34.0 Å². The van der Waals surface area contributed by atoms with Gasteiger partial charge in [-0.15, -0.1) is 0 Å². The lowest BCUT2D eigenvalue weighted by Gasteiger charge is -2.08. The third kappa shape index (κ3) is 3.19. The van der Waals surface area contributed by atoms with Crippen LogP contribution in [-0.4, -0.2) is 40.5 Å². The molecule has 0 bridgehead atoms. The molecule has 2 aromatic carbocycles. The summed E-state index contributed by atoms with van der Waals surface area (Å²) in [5, 5.41) is 14.9. The molecule has 0 radical (unpaired) electrons. The number of hydrogen-bond donors (Lipinski definition) is 1. The van der Waals surface area contributed by atoms with E-state index in [1.165, 1.54) is 24.5 Å². The topological polar surface area (TPSA) is 98.7 Å². The van der Waals surface area contributed by atoms with Crippen LogP contribution in [0.25, 0.3) is 44.9 Å². The molecule has 0 aliphatic carbocycles. The van der Waals surface area contributed by atoms with E-state index in [0.29, 0.717) is 33.7 Å². The molecule has 0 aliphatic rings. The highest BCUT2D eigenvalue weighted by Crippen LogP contribution is 2.36. The number of rotatable bonds is 3. The predicted octanol–water partition coefficient (Wildman–Crippen LogP) is 4.88. The van der Waals surface area contributed by atoms with Gasteiger partial charge in [0, 0.05) is 30.4 Å². The first kappa shape index (κ1) is 19.8. The summed E-state index contributed by atoms with van der Waals surface area (Å²) in [6, 6.07) is 11.0. The summed E-state index contributed by atoms with van der Waals surface area (Å²) in [7, 11) is 1.76. The van der Waals surface area contributed by atoms with Crippen LogP contribution in [0.5, 0.6) is 0 Å². The maximum atomic E-state index is 14.5. The molecule has 1 N–H and O–H groups in total. The van der Waals surface area contributed by atoms with Crippen molar-refractivity contribution in [2.24, 2.45) is 7.05 Å². The van der Waals surface area contributed by atoms with Gasteiger partial charge in [0.25, 0.3) is 0 Å². The van der Waals surface area contributed by atoms with Crippen molar-refractivity contribution in [3.05, 3.63) is 72.0 Å². The molecule has 0 fully saturated rings. The van der Waals surface area contributed by atoms with Crippen LogP contribution in [0.15, 0.2) is 61.2 Å². The zero-order valence-electron chi connectivity index (χ0n) is 16.6. The third-order valence-electron chi connectivity index (χ3n) is 5.05. The van der Waals surface area contributed by atoms with Crippen molar-refractivity contribution in [1.82, 2.24) is 29.3 Å². The minimum atomic E-state index is -1.24. The average molecular weight is 449 g/mol. The van der Waals surface area contributed by atoms with Gasteiger partial charge in [-0.05, 0) is 36.4 Å². The Hall–Kier alpha value is -4.11. The highest BCUT2D eigenvalue weighted by atomic mass is 35.5. The van der Waals surface area contributed by atoms with E-state index in [9.17, 15) is 14.3 Å². The summed E-state index contributed by atoms with van der Waals surface area (Å²) < 4.78 is 17.2. The Morgan fingerprint density at radius 2 is 1.88 bits per heavy atom. The molecule has 0 amide bonds. The van der Waals surface area contributed by atoms with Crippen molar-refractivity contribution >= 4 is 28.6 Å². The van der Waals surface area contributed by atoms with Gasteiger partial charge < -0.3 is 5.11 Å². The fraction of sp³-hybridized carbons (Fsp3) is 0.0455. The first-order valence-electron chi connectivity index (χ1n) is 9.44. The van der Waals surface area contributed by atoms with E-state index in [1.54, 1.807) is 48.4 Å². The van der Waals surface area contributed by atoms with Crippen LogP contribution in [0.1, 0.15) is 0 Å². The normalized spacial score (nSPS) is 11.2. The Bertz CT molecular complexity index is 1480. The summed E-state index contributed by atoms with van der Waals surface area (Å²) >= 11 is 6.20. The Morgan fingerprint density at radius 3 is 2.59 bits per heavy atom. The Kier molecular flexibility index (Phi) is 4.67. The standard InChI is InChI=1S/C22H14ClFN6O2/c1-29-21(27-20(28-29)14-9-25-11-26-10-14)12-5-6-17-13(7-12)8-18(30(17)22(31)32)19-15(23)3-2-4-16(19)24/h2-11H,1H3,(H,31,32). The second-order valence-electron chi connectivity index (χ2n) is 7.03. The molecule has 10 heteroatoms. The second-order valence-corrected chi connectivity index (χ2v) is 7.43. The van der Waals surface area contributed by atoms with E-state index in [0.717, 1.165) is 4.57 Å². The minimum Gasteiger partial charge on any atom is -0.464 e. The molecular weight excluding hydrogens is 435 g/mol. The number of aryl methyl sites for hydroxylation is 1. The third-order valence-corrected chi connectivity index (χ3v) is 5.37. The molecule has 158 valence electrons. The smallest absolute Gasteiger partial charge is 0.416 e. The van der Waals surface area contributed by atoms with Crippen LogP contribution in [0, 0.1) is 5.82 Å². The highest BCUT2D eigenvalue weighted by Gasteiger charge is 2.21. The van der Waals surface area contributed by atoms with Crippen molar-refractivity contribution in [3.63, 3.8) is 0 Å². The second kappa shape index (κ2) is 7.54. The van der Waals surface area contributed by atoms with E-state index in [-0.39, 0.29) is 16.3 Å². The Balaban J connectivity index is 1.68. The van der Waals surface area contributed by atoms with Crippen LogP contribution >= 0.6 is 11.6 Å². The summed E-state index contributed by atoms with van der Waals surface area (Å²) in [6.45, 7) is 0. The van der Waals surface area contributed by atoms with Gasteiger partial charge in [0.2, 0.25) is 0 Å². The van der Waals surface area contributed by atoms with Gasteiger partial charge in [0.05, 0.1) is 27.4 Å². The van der Waals surface area contributed by atoms with Crippen molar-refractivity contribution in [2.75, 3.05) is 0 Å². The van der Waals surface area contributed by atoms with Gasteiger partial charge in [0.15, 0.2) is 11.6 Å². The number of halogens is 2. The molecular formula is C22H14ClFN6O2. The lowest BCUT2D eigenvalue weighted by atomic mass is 10.1. The van der Waals surface area contributed by atoms with Crippen LogP contribution in [-0.2, 0) is 7.05 Å². The maximum absolute atomic E-state index is 14.5. The van der Waals surface area contributed by atoms with E-state index in [4.69, 9.17) is 11.6 Å². The first-order chi connectivity index (χ1) is 15.4. The fourth-order valence-electron chi connectivity index (χ4n) is 3.66. The molecule has 5 aromatic rings. The number of nitrogens with zero attached hydrogens (tertiary/aromatic N) is 6. The number of fused-ring (bicyclic) bond motifs is 1. The van der Waals surface area contributed by atoms with Gasteiger partial charge in [-0.1, -0.05) is 17.7 Å². The SMILES string of the molecule is Cn1nc(-c2cncnc2)nc1-c1ccc2c(c1)cc(-c1c(F)cccc1Cl)n2C(=O)O. The Labute approximate surface area is 185 Å². The average Bonchev–Trinajstić information content (AvgIpc) is 3.34. The largest absolute Gasteiger partial charge is 0.464 e. The predicted molar refractivity (Wildman–Crippen MR) is 117 cm³/mol. The van der Waals surface area contributed by atoms with Gasteiger partial charge in [-0.25, -0.2) is 33.4 Å². The summed E-state index contributed by atoms with van der Waals surface area (Å²) in [5.41, 5.74) is 1.95. The zero-order chi connectivity index (χ0) is 22.4. The summed E-state index contributed by atoms with van der Waals surface area (Å²) in [6.07, 6.45) is 3.42. The number of aromatic nitrogens is 6. The zero-order valence-corrected chi connectivity index (χ0v) is 17.3. The molecule has 0 aliphatic heterocycles. The quantitative estimate of drug-likeness (QED) is 0.422. The number of hydrogen-bond acceptors (Lipinski definition) is 5. The number of benzene rings is 2. The Morgan fingerprint density at radius 1 is 1.09 bits per heavy atom. The molecule has 0 saturated heterocycles. The molecule has 32 heavy (non-hydrogen) atoms. The molecule has 0 atom stereocenters. The van der Waals surface area contributed by atoms with Gasteiger partial charge in [0.1, 0.15) is 12.1 Å². The maximum Gasteiger partial charge on any atom is 0.416 e. The van der Waals surface area contributed by atoms with Gasteiger partial charge in [-0.2, -0.15) is 5.10 Å². The molecule has 0 unspecified atom stereocenters. The van der Waals surface area contributed by atoms with Crippen LogP contribution in [0.3, 0.4) is 0 Å². The van der Waals surface area contributed by atoms with E-state index < -0.39 is 11.9 Å². The molecule has 3 aromatic heterocycles. The fourth-order valence-corrected chi connectivity index (χ4v) is 3.92. The highest BCUT2D eigenvalue weighted by molar-refractivity contribution is 6.33. The summed E-state index contributed by atoms with van der Waals surface area (Å²) in [4.78, 5) is 24.6. The first-order valence-corrected chi connectivity index (χ1v) is 9.82. The number of carbonyl (C=O) groups is 1. The molecule has 0 saturated carbocycles. The van der Waals surface area contributed by atoms with Crippen molar-refractivity contribution < 1.29 is 14.3 Å². The van der Waals surface area contributed by atoms with Crippen LogP contribution in [0.4, 0.5) is 9.18 Å². The van der Waals surface area contributed by atoms with Crippen molar-refractivity contribution in [2.45, 2.75) is 0 Å². The van der Waals surface area contributed by atoms with Gasteiger partial charge >= 0.3 is 6.09 Å². The minimum absolute atomic E-state index is 0.0272. The van der Waals surface area contributed by atoms with E-state index >= 15 is 0 Å².